The standard InChI is InChI=1S/C19H26N2O4/c1-5-16-13-20(17(22)25-19(2,3)4)11-12-21(16)18(23)24-14-15-9-7-6-8-10-15/h1,6-10,16-17,22H,11-14H2,2-4H3. The number of aliphatic hydroxyl groups is 1. The fourth-order valence-corrected chi connectivity index (χ4v) is 2.56. The summed E-state index contributed by atoms with van der Waals surface area (Å²) in [4.78, 5) is 15.6. The molecule has 2 rings (SSSR count). The van der Waals surface area contributed by atoms with Gasteiger partial charge in [0, 0.05) is 19.6 Å². The van der Waals surface area contributed by atoms with Crippen molar-refractivity contribution in [1.29, 1.82) is 0 Å². The van der Waals surface area contributed by atoms with Crippen LogP contribution in [0.4, 0.5) is 4.79 Å². The van der Waals surface area contributed by atoms with Gasteiger partial charge >= 0.3 is 6.09 Å². The third kappa shape index (κ3) is 5.75. The smallest absolute Gasteiger partial charge is 0.411 e. The number of carbonyl (C=O) groups is 1. The van der Waals surface area contributed by atoms with E-state index in [4.69, 9.17) is 15.9 Å². The third-order valence-corrected chi connectivity index (χ3v) is 3.82. The largest absolute Gasteiger partial charge is 0.445 e. The van der Waals surface area contributed by atoms with Gasteiger partial charge in [0.05, 0.1) is 5.60 Å². The maximum absolute atomic E-state index is 12.3. The van der Waals surface area contributed by atoms with Crippen molar-refractivity contribution in [3.8, 4) is 12.3 Å². The van der Waals surface area contributed by atoms with E-state index in [1.165, 1.54) is 4.90 Å². The van der Waals surface area contributed by atoms with Gasteiger partial charge in [-0.15, -0.1) is 6.42 Å². The summed E-state index contributed by atoms with van der Waals surface area (Å²) in [5.74, 6) is 2.60. The molecule has 0 spiro atoms. The zero-order valence-corrected chi connectivity index (χ0v) is 15.0. The van der Waals surface area contributed by atoms with E-state index in [-0.39, 0.29) is 6.61 Å². The molecule has 136 valence electrons. The van der Waals surface area contributed by atoms with Crippen LogP contribution in [0.5, 0.6) is 0 Å². The maximum atomic E-state index is 12.3. The Hall–Kier alpha value is -2.07. The Morgan fingerprint density at radius 1 is 1.36 bits per heavy atom. The predicted octanol–water partition coefficient (Wildman–Crippen LogP) is 2.03. The summed E-state index contributed by atoms with van der Waals surface area (Å²) in [5, 5.41) is 10.2. The molecule has 0 aromatic heterocycles. The number of hydrogen-bond donors (Lipinski definition) is 1. The predicted molar refractivity (Wildman–Crippen MR) is 94.4 cm³/mol. The number of amides is 1. The lowest BCUT2D eigenvalue weighted by Crippen LogP contribution is -2.58. The van der Waals surface area contributed by atoms with Crippen molar-refractivity contribution >= 4 is 6.09 Å². The number of ether oxygens (including phenoxy) is 2. The highest BCUT2D eigenvalue weighted by molar-refractivity contribution is 5.69. The van der Waals surface area contributed by atoms with Crippen LogP contribution < -0.4 is 0 Å². The van der Waals surface area contributed by atoms with Gasteiger partial charge in [-0.1, -0.05) is 36.3 Å². The van der Waals surface area contributed by atoms with Gasteiger partial charge in [-0.3, -0.25) is 9.80 Å². The first kappa shape index (κ1) is 19.3. The highest BCUT2D eigenvalue weighted by atomic mass is 16.6. The topological polar surface area (TPSA) is 62.2 Å². The zero-order chi connectivity index (χ0) is 18.4. The minimum Gasteiger partial charge on any atom is -0.445 e. The lowest BCUT2D eigenvalue weighted by molar-refractivity contribution is -0.245. The van der Waals surface area contributed by atoms with Crippen molar-refractivity contribution < 1.29 is 19.4 Å². The molecular weight excluding hydrogens is 320 g/mol. The van der Waals surface area contributed by atoms with E-state index in [1.54, 1.807) is 4.90 Å². The second-order valence-corrected chi connectivity index (χ2v) is 6.97. The Bertz CT molecular complexity index is 606. The first-order valence-electron chi connectivity index (χ1n) is 8.33. The lowest BCUT2D eigenvalue weighted by atomic mass is 10.2. The van der Waals surface area contributed by atoms with Gasteiger partial charge in [0.25, 0.3) is 0 Å². The molecule has 25 heavy (non-hydrogen) atoms. The van der Waals surface area contributed by atoms with Gasteiger partial charge in [-0.25, -0.2) is 4.79 Å². The second-order valence-electron chi connectivity index (χ2n) is 6.97. The molecule has 6 heteroatoms. The van der Waals surface area contributed by atoms with E-state index in [2.05, 4.69) is 5.92 Å². The average Bonchev–Trinajstić information content (AvgIpc) is 2.58. The SMILES string of the molecule is C#CC1CN(C(O)OC(C)(C)C)CCN1C(=O)OCc1ccccc1. The number of rotatable bonds is 4. The van der Waals surface area contributed by atoms with Gasteiger partial charge in [0.15, 0.2) is 0 Å². The number of hydrogen-bond acceptors (Lipinski definition) is 5. The minimum absolute atomic E-state index is 0.201. The molecule has 1 aliphatic heterocycles. The van der Waals surface area contributed by atoms with Gasteiger partial charge in [0.2, 0.25) is 6.41 Å². The highest BCUT2D eigenvalue weighted by Gasteiger charge is 2.34. The van der Waals surface area contributed by atoms with Gasteiger partial charge in [-0.05, 0) is 26.3 Å². The molecule has 1 aliphatic rings. The molecule has 0 bridgehead atoms. The number of carbonyl (C=O) groups excluding carboxylic acids is 1. The Labute approximate surface area is 149 Å². The van der Waals surface area contributed by atoms with Crippen molar-refractivity contribution in [3.05, 3.63) is 35.9 Å². The molecule has 1 saturated heterocycles. The Balaban J connectivity index is 1.90. The van der Waals surface area contributed by atoms with Crippen molar-refractivity contribution in [2.45, 2.75) is 45.4 Å². The fraction of sp³-hybridized carbons (Fsp3) is 0.526. The molecule has 0 aliphatic carbocycles. The number of piperazine rings is 1. The third-order valence-electron chi connectivity index (χ3n) is 3.82. The number of aliphatic hydroxyl groups excluding tert-OH is 1. The quantitative estimate of drug-likeness (QED) is 0.668. The molecule has 1 aromatic rings. The van der Waals surface area contributed by atoms with Crippen molar-refractivity contribution in [2.75, 3.05) is 19.6 Å². The summed E-state index contributed by atoms with van der Waals surface area (Å²) in [7, 11) is 0. The van der Waals surface area contributed by atoms with E-state index in [0.717, 1.165) is 5.56 Å². The molecule has 0 saturated carbocycles. The summed E-state index contributed by atoms with van der Waals surface area (Å²) in [6, 6.07) is 9.00. The van der Waals surface area contributed by atoms with Gasteiger partial charge in [-0.2, -0.15) is 0 Å². The van der Waals surface area contributed by atoms with Crippen molar-refractivity contribution in [2.24, 2.45) is 0 Å². The summed E-state index contributed by atoms with van der Waals surface area (Å²) < 4.78 is 10.9. The van der Waals surface area contributed by atoms with Crippen LogP contribution in [0, 0.1) is 12.3 Å². The molecule has 1 N–H and O–H groups in total. The minimum atomic E-state index is -1.06. The summed E-state index contributed by atoms with van der Waals surface area (Å²) in [5.41, 5.74) is 0.442. The van der Waals surface area contributed by atoms with Crippen LogP contribution in [0.1, 0.15) is 26.3 Å². The summed E-state index contributed by atoms with van der Waals surface area (Å²) in [6.07, 6.45) is 4.08. The van der Waals surface area contributed by atoms with Crippen LogP contribution in [-0.2, 0) is 16.1 Å². The van der Waals surface area contributed by atoms with E-state index in [1.807, 2.05) is 51.1 Å². The average molecular weight is 346 g/mol. The number of terminal acetylenes is 1. The van der Waals surface area contributed by atoms with Gasteiger partial charge in [0.1, 0.15) is 12.6 Å². The number of nitrogens with zero attached hydrogens (tertiary/aromatic N) is 2. The molecule has 2 unspecified atom stereocenters. The van der Waals surface area contributed by atoms with Crippen molar-refractivity contribution in [1.82, 2.24) is 9.80 Å². The van der Waals surface area contributed by atoms with Crippen LogP contribution in [0.3, 0.4) is 0 Å². The molecular formula is C19H26N2O4. The Kier molecular flexibility index (Phi) is 6.43. The summed E-state index contributed by atoms with van der Waals surface area (Å²) in [6.45, 7) is 6.95. The highest BCUT2D eigenvalue weighted by Crippen LogP contribution is 2.17. The molecule has 1 heterocycles. The van der Waals surface area contributed by atoms with Crippen LogP contribution in [0.15, 0.2) is 30.3 Å². The molecule has 1 fully saturated rings. The zero-order valence-electron chi connectivity index (χ0n) is 15.0. The lowest BCUT2D eigenvalue weighted by Gasteiger charge is -2.41. The molecule has 1 amide bonds. The van der Waals surface area contributed by atoms with E-state index < -0.39 is 24.2 Å². The van der Waals surface area contributed by atoms with Crippen LogP contribution in [0.25, 0.3) is 0 Å². The van der Waals surface area contributed by atoms with Crippen molar-refractivity contribution in [3.63, 3.8) is 0 Å². The molecule has 2 atom stereocenters. The maximum Gasteiger partial charge on any atom is 0.411 e. The van der Waals surface area contributed by atoms with E-state index in [0.29, 0.717) is 19.6 Å². The summed E-state index contributed by atoms with van der Waals surface area (Å²) >= 11 is 0. The first-order chi connectivity index (χ1) is 11.8. The van der Waals surface area contributed by atoms with Crippen LogP contribution in [0.2, 0.25) is 0 Å². The molecule has 6 nitrogen and oxygen atoms in total. The van der Waals surface area contributed by atoms with Crippen LogP contribution in [-0.4, -0.2) is 58.7 Å². The molecule has 1 aromatic carbocycles. The second kappa shape index (κ2) is 8.34. The Morgan fingerprint density at radius 2 is 2.04 bits per heavy atom. The van der Waals surface area contributed by atoms with Crippen LogP contribution >= 0.6 is 0 Å². The van der Waals surface area contributed by atoms with E-state index in [9.17, 15) is 9.90 Å². The van der Waals surface area contributed by atoms with E-state index >= 15 is 0 Å². The molecule has 0 radical (unpaired) electrons. The Morgan fingerprint density at radius 3 is 2.64 bits per heavy atom. The fourth-order valence-electron chi connectivity index (χ4n) is 2.56. The normalized spacial score (nSPS) is 20.0. The number of benzene rings is 1. The van der Waals surface area contributed by atoms with Gasteiger partial charge < -0.3 is 14.6 Å². The first-order valence-corrected chi connectivity index (χ1v) is 8.33. The monoisotopic (exact) mass is 346 g/mol.